The number of nitrogens with one attached hydrogen (secondary N) is 2. The van der Waals surface area contributed by atoms with Crippen molar-refractivity contribution in [3.05, 3.63) is 29.3 Å². The molecule has 3 nitrogen and oxygen atoms in total. The number of rotatable bonds is 3. The lowest BCUT2D eigenvalue weighted by Gasteiger charge is -2.28. The molecule has 1 aromatic carbocycles. The minimum Gasteiger partial charge on any atom is -0.384 e. The highest BCUT2D eigenvalue weighted by Gasteiger charge is 2.23. The van der Waals surface area contributed by atoms with Crippen molar-refractivity contribution in [3.63, 3.8) is 0 Å². The number of benzene rings is 1. The Kier molecular flexibility index (Phi) is 4.20. The predicted molar refractivity (Wildman–Crippen MR) is 85.7 cm³/mol. The molecule has 2 N–H and O–H groups in total. The summed E-state index contributed by atoms with van der Waals surface area (Å²) < 4.78 is 0. The second kappa shape index (κ2) is 6.08. The molecule has 1 saturated carbocycles. The van der Waals surface area contributed by atoms with E-state index in [1.54, 1.807) is 0 Å². The molecule has 0 radical (unpaired) electrons. The second-order valence-electron chi connectivity index (χ2n) is 5.74. The molecule has 1 heterocycles. The van der Waals surface area contributed by atoms with Crippen LogP contribution in [0.2, 0.25) is 0 Å². The van der Waals surface area contributed by atoms with E-state index in [2.05, 4.69) is 23.0 Å². The van der Waals surface area contributed by atoms with Crippen LogP contribution in [0, 0.1) is 0 Å². The standard InChI is InChI=1S/C16H22N2OS/c1-20-14-4-2-3-13(10-14)18-16(19)12-6-5-11-7-8-17-15(11)9-12/h5-6,9,13-14,17H,2-4,7-8,10H2,1H3,(H,18,19). The van der Waals surface area contributed by atoms with Crippen LogP contribution in [0.4, 0.5) is 5.69 Å². The molecule has 1 aromatic rings. The molecule has 108 valence electrons. The predicted octanol–water partition coefficient (Wildman–Crippen LogP) is 3.06. The molecule has 1 amide bonds. The topological polar surface area (TPSA) is 41.1 Å². The zero-order valence-electron chi connectivity index (χ0n) is 11.9. The smallest absolute Gasteiger partial charge is 0.251 e. The van der Waals surface area contributed by atoms with Crippen molar-refractivity contribution >= 4 is 23.4 Å². The first-order valence-corrected chi connectivity index (χ1v) is 8.75. The molecule has 2 atom stereocenters. The number of anilines is 1. The van der Waals surface area contributed by atoms with Crippen molar-refractivity contribution in [1.29, 1.82) is 0 Å². The van der Waals surface area contributed by atoms with E-state index in [1.807, 2.05) is 23.9 Å². The Morgan fingerprint density at radius 3 is 3.15 bits per heavy atom. The fourth-order valence-corrected chi connectivity index (χ4v) is 4.02. The summed E-state index contributed by atoms with van der Waals surface area (Å²) in [5.41, 5.74) is 3.23. The van der Waals surface area contributed by atoms with E-state index in [-0.39, 0.29) is 5.91 Å². The third kappa shape index (κ3) is 2.95. The molecule has 0 bridgehead atoms. The van der Waals surface area contributed by atoms with Gasteiger partial charge in [-0.2, -0.15) is 11.8 Å². The summed E-state index contributed by atoms with van der Waals surface area (Å²) in [7, 11) is 0. The zero-order valence-corrected chi connectivity index (χ0v) is 12.8. The molecule has 1 fully saturated rings. The van der Waals surface area contributed by atoms with E-state index < -0.39 is 0 Å². The van der Waals surface area contributed by atoms with Crippen LogP contribution in [-0.4, -0.2) is 30.0 Å². The zero-order chi connectivity index (χ0) is 13.9. The van der Waals surface area contributed by atoms with Gasteiger partial charge in [-0.25, -0.2) is 0 Å². The molecule has 0 aromatic heterocycles. The van der Waals surface area contributed by atoms with Crippen LogP contribution in [0.15, 0.2) is 18.2 Å². The van der Waals surface area contributed by atoms with Crippen LogP contribution in [0.3, 0.4) is 0 Å². The molecule has 1 aliphatic carbocycles. The molecule has 3 rings (SSSR count). The highest BCUT2D eigenvalue weighted by Crippen LogP contribution is 2.27. The summed E-state index contributed by atoms with van der Waals surface area (Å²) in [5.74, 6) is 0.0771. The normalized spacial score (nSPS) is 24.9. The summed E-state index contributed by atoms with van der Waals surface area (Å²) >= 11 is 1.93. The van der Waals surface area contributed by atoms with E-state index in [0.717, 1.165) is 37.1 Å². The van der Waals surface area contributed by atoms with Gasteiger partial charge in [0.15, 0.2) is 0 Å². The van der Waals surface area contributed by atoms with Crippen LogP contribution in [0.1, 0.15) is 41.6 Å². The quantitative estimate of drug-likeness (QED) is 0.899. The Morgan fingerprint density at radius 2 is 2.30 bits per heavy atom. The molecule has 0 spiro atoms. The summed E-state index contributed by atoms with van der Waals surface area (Å²) in [5, 5.41) is 7.25. The Morgan fingerprint density at radius 1 is 1.40 bits per heavy atom. The van der Waals surface area contributed by atoms with E-state index in [1.165, 1.54) is 18.4 Å². The Balaban J connectivity index is 1.64. The molecule has 0 saturated heterocycles. The molecule has 4 heteroatoms. The van der Waals surface area contributed by atoms with Gasteiger partial charge < -0.3 is 10.6 Å². The largest absolute Gasteiger partial charge is 0.384 e. The molecular weight excluding hydrogens is 268 g/mol. The first-order valence-electron chi connectivity index (χ1n) is 7.46. The molecule has 2 unspecified atom stereocenters. The third-order valence-electron chi connectivity index (χ3n) is 4.38. The van der Waals surface area contributed by atoms with Crippen LogP contribution in [0.5, 0.6) is 0 Å². The molecule has 2 aliphatic rings. The van der Waals surface area contributed by atoms with Gasteiger partial charge in [0.1, 0.15) is 0 Å². The lowest BCUT2D eigenvalue weighted by atomic mass is 9.94. The van der Waals surface area contributed by atoms with Crippen molar-refractivity contribution < 1.29 is 4.79 Å². The number of amides is 1. The van der Waals surface area contributed by atoms with Crippen molar-refractivity contribution in [3.8, 4) is 0 Å². The van der Waals surface area contributed by atoms with Crippen molar-refractivity contribution in [1.82, 2.24) is 5.32 Å². The van der Waals surface area contributed by atoms with Crippen molar-refractivity contribution in [2.45, 2.75) is 43.4 Å². The third-order valence-corrected chi connectivity index (χ3v) is 5.47. The van der Waals surface area contributed by atoms with Crippen LogP contribution >= 0.6 is 11.8 Å². The fraction of sp³-hybridized carbons (Fsp3) is 0.562. The molecule has 1 aliphatic heterocycles. The molecule has 20 heavy (non-hydrogen) atoms. The van der Waals surface area contributed by atoms with Crippen molar-refractivity contribution in [2.24, 2.45) is 0 Å². The van der Waals surface area contributed by atoms with Gasteiger partial charge >= 0.3 is 0 Å². The average molecular weight is 290 g/mol. The SMILES string of the molecule is CSC1CCCC(NC(=O)c2ccc3c(c2)NCC3)C1. The first kappa shape index (κ1) is 13.8. The maximum Gasteiger partial charge on any atom is 0.251 e. The summed E-state index contributed by atoms with van der Waals surface area (Å²) in [6.45, 7) is 0.985. The Labute approximate surface area is 124 Å². The van der Waals surface area contributed by atoms with E-state index in [0.29, 0.717) is 11.3 Å². The number of carbonyl (C=O) groups excluding carboxylic acids is 1. The van der Waals surface area contributed by atoms with Gasteiger partial charge in [0.2, 0.25) is 0 Å². The van der Waals surface area contributed by atoms with Crippen LogP contribution in [0.25, 0.3) is 0 Å². The van der Waals surface area contributed by atoms with E-state index >= 15 is 0 Å². The maximum absolute atomic E-state index is 12.4. The van der Waals surface area contributed by atoms with E-state index in [4.69, 9.17) is 0 Å². The monoisotopic (exact) mass is 290 g/mol. The number of fused-ring (bicyclic) bond motifs is 1. The first-order chi connectivity index (χ1) is 9.76. The number of carbonyl (C=O) groups is 1. The Hall–Kier alpha value is -1.16. The van der Waals surface area contributed by atoms with Gasteiger partial charge in [0, 0.05) is 29.1 Å². The van der Waals surface area contributed by atoms with Gasteiger partial charge in [-0.1, -0.05) is 12.5 Å². The van der Waals surface area contributed by atoms with Crippen LogP contribution in [-0.2, 0) is 6.42 Å². The van der Waals surface area contributed by atoms with E-state index in [9.17, 15) is 4.79 Å². The van der Waals surface area contributed by atoms with Gasteiger partial charge in [-0.05, 0) is 49.6 Å². The number of hydrogen-bond donors (Lipinski definition) is 2. The minimum absolute atomic E-state index is 0.0771. The van der Waals surface area contributed by atoms with Gasteiger partial charge in [0.25, 0.3) is 5.91 Å². The lowest BCUT2D eigenvalue weighted by Crippen LogP contribution is -2.39. The van der Waals surface area contributed by atoms with Gasteiger partial charge in [-0.3, -0.25) is 4.79 Å². The van der Waals surface area contributed by atoms with Gasteiger partial charge in [0.05, 0.1) is 0 Å². The summed E-state index contributed by atoms with van der Waals surface area (Å²) in [6, 6.07) is 6.37. The summed E-state index contributed by atoms with van der Waals surface area (Å²) in [4.78, 5) is 12.4. The number of hydrogen-bond acceptors (Lipinski definition) is 3. The second-order valence-corrected chi connectivity index (χ2v) is 6.88. The van der Waals surface area contributed by atoms with Crippen molar-refractivity contribution in [2.75, 3.05) is 18.1 Å². The highest BCUT2D eigenvalue weighted by atomic mass is 32.2. The van der Waals surface area contributed by atoms with Gasteiger partial charge in [-0.15, -0.1) is 0 Å². The maximum atomic E-state index is 12.4. The summed E-state index contributed by atoms with van der Waals surface area (Å²) in [6.07, 6.45) is 7.97. The number of thioether (sulfide) groups is 1. The lowest BCUT2D eigenvalue weighted by molar-refractivity contribution is 0.0928. The fourth-order valence-electron chi connectivity index (χ4n) is 3.19. The highest BCUT2D eigenvalue weighted by molar-refractivity contribution is 7.99. The van der Waals surface area contributed by atoms with Crippen LogP contribution < -0.4 is 10.6 Å². The Bertz CT molecular complexity index is 503. The molecular formula is C16H22N2OS. The average Bonchev–Trinajstić information content (AvgIpc) is 2.94. The minimum atomic E-state index is 0.0771.